The molecule has 61 heavy (non-hydrogen) atoms. The van der Waals surface area contributed by atoms with Gasteiger partial charge in [-0.1, -0.05) is 166 Å². The molecule has 0 aliphatic heterocycles. The first kappa shape index (κ1) is 44.5. The van der Waals surface area contributed by atoms with E-state index in [4.69, 9.17) is 5.73 Å². The van der Waals surface area contributed by atoms with Crippen LogP contribution in [0.25, 0.3) is 21.8 Å². The van der Waals surface area contributed by atoms with Crippen LogP contribution in [0.5, 0.6) is 0 Å². The molecule has 5 nitrogen and oxygen atoms in total. The van der Waals surface area contributed by atoms with E-state index >= 15 is 0 Å². The van der Waals surface area contributed by atoms with Crippen molar-refractivity contribution in [2.75, 3.05) is 13.1 Å². The Balaban J connectivity index is 0.000000160. The fourth-order valence-electron chi connectivity index (χ4n) is 8.98. The normalized spacial score (nSPS) is 16.3. The van der Waals surface area contributed by atoms with E-state index in [-0.39, 0.29) is 13.3 Å². The van der Waals surface area contributed by atoms with E-state index in [1.807, 2.05) is 54.7 Å². The molecule has 0 spiro atoms. The highest BCUT2D eigenvalue weighted by Gasteiger charge is 2.29. The number of ketones is 1. The molecule has 314 valence electrons. The summed E-state index contributed by atoms with van der Waals surface area (Å²) in [7, 11) is 0. The second kappa shape index (κ2) is 23.1. The predicted molar refractivity (Wildman–Crippen MR) is 258 cm³/mol. The second-order valence-electron chi connectivity index (χ2n) is 15.9. The molecule has 3 unspecified atom stereocenters. The van der Waals surface area contributed by atoms with E-state index in [0.29, 0.717) is 24.3 Å². The third-order valence-electron chi connectivity index (χ3n) is 12.1. The number of hydrogen-bond acceptors (Lipinski definition) is 3. The van der Waals surface area contributed by atoms with Crippen LogP contribution < -0.4 is 11.1 Å². The van der Waals surface area contributed by atoms with Crippen LogP contribution in [0.3, 0.4) is 0 Å². The number of rotatable bonds is 9. The number of carbonyl (C=O) groups is 1. The Hall–Kier alpha value is -6.01. The highest BCUT2D eigenvalue weighted by Crippen LogP contribution is 2.35. The molecule has 5 N–H and O–H groups in total. The number of fused-ring (bicyclic) bond motifs is 4. The number of aryl methyl sites for hydroxylation is 2. The summed E-state index contributed by atoms with van der Waals surface area (Å²) in [6, 6.07) is 57.7. The smallest absolute Gasteiger partial charge is 0.140 e. The zero-order chi connectivity index (χ0) is 41.4. The first-order chi connectivity index (χ1) is 29.6. The summed E-state index contributed by atoms with van der Waals surface area (Å²) in [5, 5.41) is 6.57. The van der Waals surface area contributed by atoms with Crippen LogP contribution in [0.1, 0.15) is 84.4 Å². The zero-order valence-electron chi connectivity index (χ0n) is 35.0. The molecule has 2 heterocycles. The molecule has 0 fully saturated rings. The Kier molecular flexibility index (Phi) is 16.9. The minimum atomic E-state index is 0. The van der Waals surface area contributed by atoms with Crippen molar-refractivity contribution < 1.29 is 4.79 Å². The monoisotopic (exact) mass is 809 g/mol. The Morgan fingerprint density at radius 3 is 1.70 bits per heavy atom. The minimum Gasteiger partial charge on any atom is -0.361 e. The van der Waals surface area contributed by atoms with Gasteiger partial charge < -0.3 is 21.0 Å². The molecule has 2 aliphatic rings. The number of carbonyl (C=O) groups excluding carboxylic acids is 1. The van der Waals surface area contributed by atoms with Crippen molar-refractivity contribution in [2.45, 2.75) is 83.6 Å². The first-order valence-electron chi connectivity index (χ1n) is 21.9. The van der Waals surface area contributed by atoms with Crippen molar-refractivity contribution >= 4 is 27.6 Å². The molecule has 5 heteroatoms. The van der Waals surface area contributed by atoms with Crippen molar-refractivity contribution in [3.05, 3.63) is 215 Å². The zero-order valence-corrected chi connectivity index (χ0v) is 35.0. The van der Waals surface area contributed by atoms with E-state index in [1.165, 1.54) is 73.6 Å². The van der Waals surface area contributed by atoms with E-state index in [9.17, 15) is 4.79 Å². The predicted octanol–water partition coefficient (Wildman–Crippen LogP) is 12.3. The number of Topliss-reactive ketones (excluding diaryl/α,β-unsaturated/α-hetero) is 1. The number of nitrogens with one attached hydrogen (secondary N) is 3. The van der Waals surface area contributed by atoms with Gasteiger partial charge in [0, 0.05) is 58.5 Å². The molecule has 0 radical (unpaired) electrons. The van der Waals surface area contributed by atoms with Crippen molar-refractivity contribution in [2.24, 2.45) is 5.73 Å². The fraction of sp³-hybridized carbons (Fsp3) is 0.268. The Bertz CT molecular complexity index is 2470. The largest absolute Gasteiger partial charge is 0.361 e. The number of aromatic nitrogens is 2. The minimum absolute atomic E-state index is 0. The standard InChI is InChI=1S/C27H28N2.C12H14O.C10H12N2.C6H6.CH4/c1-2-8-20(9-3-1)18-25-23-11-5-4-10-21(23)14-15-27(25)28-17-16-22-19-29-26-13-7-6-12-24(22)26;1-2-10-11-6-4-3-5-9(11)7-8-12(10)13;11-6-5-8-7-12-10-4-2-1-3-9(8)10;1-2-4-6-5-3-1;/h1-13,19,25,27-29H,14-18H2;3-6,10H,2,7-8H2,1H3;1-4,7,12H,5-6,11H2;1-6H;1H4. The molecular formula is C56H64N4O. The van der Waals surface area contributed by atoms with Crippen molar-refractivity contribution in [3.8, 4) is 0 Å². The van der Waals surface area contributed by atoms with E-state index < -0.39 is 0 Å². The van der Waals surface area contributed by atoms with Crippen LogP contribution in [-0.4, -0.2) is 34.9 Å². The molecular weight excluding hydrogens is 745 g/mol. The third-order valence-corrected chi connectivity index (χ3v) is 12.1. The lowest BCUT2D eigenvalue weighted by molar-refractivity contribution is -0.121. The highest BCUT2D eigenvalue weighted by atomic mass is 16.1. The molecule has 2 aromatic heterocycles. The lowest BCUT2D eigenvalue weighted by atomic mass is 9.76. The quantitative estimate of drug-likeness (QED) is 0.117. The molecule has 0 bridgehead atoms. The Labute approximate surface area is 363 Å². The summed E-state index contributed by atoms with van der Waals surface area (Å²) in [5.74, 6) is 1.12. The van der Waals surface area contributed by atoms with Gasteiger partial charge in [0.1, 0.15) is 5.78 Å². The molecule has 0 amide bonds. The van der Waals surface area contributed by atoms with Crippen LogP contribution >= 0.6 is 0 Å². The first-order valence-corrected chi connectivity index (χ1v) is 21.9. The number of H-pyrrole nitrogens is 2. The molecule has 6 aromatic carbocycles. The number of nitrogens with two attached hydrogens (primary N) is 1. The fourth-order valence-corrected chi connectivity index (χ4v) is 8.98. The van der Waals surface area contributed by atoms with Crippen LogP contribution in [0.15, 0.2) is 176 Å². The Morgan fingerprint density at radius 2 is 1.10 bits per heavy atom. The van der Waals surface area contributed by atoms with Crippen molar-refractivity contribution in [3.63, 3.8) is 0 Å². The summed E-state index contributed by atoms with van der Waals surface area (Å²) < 4.78 is 0. The molecule has 3 atom stereocenters. The van der Waals surface area contributed by atoms with Gasteiger partial charge in [-0.2, -0.15) is 0 Å². The molecule has 10 rings (SSSR count). The SMILES string of the molecule is C.CCC1C(=O)CCc2ccccc21.NCCc1c[nH]c2ccccc12.c1ccc(CC2c3ccccc3CCC2NCCc2c[nH]c3ccccc23)cc1.c1ccccc1. The number of benzene rings is 6. The van der Waals surface area contributed by atoms with Crippen LogP contribution in [-0.2, 0) is 36.9 Å². The second-order valence-corrected chi connectivity index (χ2v) is 15.9. The summed E-state index contributed by atoms with van der Waals surface area (Å²) in [5.41, 5.74) is 17.8. The summed E-state index contributed by atoms with van der Waals surface area (Å²) >= 11 is 0. The number of aromatic amines is 2. The van der Waals surface area contributed by atoms with Gasteiger partial charge in [0.15, 0.2) is 0 Å². The lowest BCUT2D eigenvalue weighted by Crippen LogP contribution is -2.40. The Morgan fingerprint density at radius 1 is 0.590 bits per heavy atom. The van der Waals surface area contributed by atoms with Crippen LogP contribution in [0.2, 0.25) is 0 Å². The third kappa shape index (κ3) is 11.8. The van der Waals surface area contributed by atoms with Crippen molar-refractivity contribution in [1.29, 1.82) is 0 Å². The van der Waals surface area contributed by atoms with E-state index in [0.717, 1.165) is 45.1 Å². The summed E-state index contributed by atoms with van der Waals surface area (Å²) in [6.07, 6.45) is 12.3. The average Bonchev–Trinajstić information content (AvgIpc) is 3.93. The van der Waals surface area contributed by atoms with Gasteiger partial charge in [-0.3, -0.25) is 4.79 Å². The van der Waals surface area contributed by atoms with Crippen LogP contribution in [0, 0.1) is 0 Å². The summed E-state index contributed by atoms with van der Waals surface area (Å²) in [6.45, 7) is 3.81. The van der Waals surface area contributed by atoms with Gasteiger partial charge >= 0.3 is 0 Å². The molecule has 8 aromatic rings. The van der Waals surface area contributed by atoms with Gasteiger partial charge in [0.25, 0.3) is 0 Å². The molecule has 0 saturated heterocycles. The number of para-hydroxylation sites is 2. The highest BCUT2D eigenvalue weighted by molar-refractivity contribution is 5.88. The topological polar surface area (TPSA) is 86.7 Å². The maximum absolute atomic E-state index is 11.6. The maximum Gasteiger partial charge on any atom is 0.140 e. The molecule has 2 aliphatic carbocycles. The average molecular weight is 809 g/mol. The van der Waals surface area contributed by atoms with Crippen molar-refractivity contribution in [1.82, 2.24) is 15.3 Å². The van der Waals surface area contributed by atoms with Gasteiger partial charge in [-0.05, 0) is 109 Å². The lowest BCUT2D eigenvalue weighted by Gasteiger charge is -2.35. The molecule has 0 saturated carbocycles. The van der Waals surface area contributed by atoms with E-state index in [1.54, 1.807) is 0 Å². The van der Waals surface area contributed by atoms with E-state index in [2.05, 4.69) is 144 Å². The number of hydrogen-bond donors (Lipinski definition) is 4. The van der Waals surface area contributed by atoms with Gasteiger partial charge in [-0.15, -0.1) is 0 Å². The van der Waals surface area contributed by atoms with Gasteiger partial charge in [0.2, 0.25) is 0 Å². The van der Waals surface area contributed by atoms with Crippen LogP contribution in [0.4, 0.5) is 0 Å². The summed E-state index contributed by atoms with van der Waals surface area (Å²) in [4.78, 5) is 18.2. The van der Waals surface area contributed by atoms with Gasteiger partial charge in [0.05, 0.1) is 0 Å². The van der Waals surface area contributed by atoms with Gasteiger partial charge in [-0.25, -0.2) is 0 Å². The maximum atomic E-state index is 11.6.